The first-order valence-corrected chi connectivity index (χ1v) is 9.07. The van der Waals surface area contributed by atoms with E-state index < -0.39 is 10.0 Å². The summed E-state index contributed by atoms with van der Waals surface area (Å²) in [4.78, 5) is 12.2. The Morgan fingerprint density at radius 1 is 1.30 bits per heavy atom. The predicted octanol–water partition coefficient (Wildman–Crippen LogP) is 2.38. The number of piperidine rings is 1. The van der Waals surface area contributed by atoms with Gasteiger partial charge in [-0.25, -0.2) is 17.1 Å². The molecule has 0 aliphatic carbocycles. The largest absolute Gasteiger partial charge is 0.326 e. The number of benzene rings is 1. The highest BCUT2D eigenvalue weighted by molar-refractivity contribution is 7.89. The predicted molar refractivity (Wildman–Crippen MR) is 87.9 cm³/mol. The molecule has 1 aliphatic rings. The van der Waals surface area contributed by atoms with Crippen LogP contribution in [0.3, 0.4) is 0 Å². The monoisotopic (exact) mass is 340 g/mol. The average molecular weight is 340 g/mol. The molecule has 2 rings (SSSR count). The molecule has 126 valence electrons. The van der Waals surface area contributed by atoms with Gasteiger partial charge in [0, 0.05) is 24.7 Å². The lowest BCUT2D eigenvalue weighted by Gasteiger charge is -2.30. The third-order valence-corrected chi connectivity index (χ3v) is 5.77. The SMILES string of the molecule is C=C(C)CS(=O)(=O)N1CCC(C(=O)Nc2ccc(F)cc2)CC1. The van der Waals surface area contributed by atoms with Crippen molar-refractivity contribution < 1.29 is 17.6 Å². The zero-order chi connectivity index (χ0) is 17.0. The number of nitrogens with zero attached hydrogens (tertiary/aromatic N) is 1. The van der Waals surface area contributed by atoms with Crippen LogP contribution in [-0.4, -0.2) is 37.5 Å². The Morgan fingerprint density at radius 2 is 1.87 bits per heavy atom. The number of amides is 1. The molecule has 0 unspecified atom stereocenters. The molecule has 0 saturated carbocycles. The molecular formula is C16H21FN2O3S. The van der Waals surface area contributed by atoms with Gasteiger partial charge in [-0.15, -0.1) is 0 Å². The highest BCUT2D eigenvalue weighted by Gasteiger charge is 2.30. The van der Waals surface area contributed by atoms with Gasteiger partial charge in [0.15, 0.2) is 0 Å². The van der Waals surface area contributed by atoms with Crippen LogP contribution in [0.4, 0.5) is 10.1 Å². The first kappa shape index (κ1) is 17.6. The first-order valence-electron chi connectivity index (χ1n) is 7.46. The van der Waals surface area contributed by atoms with Crippen LogP contribution in [0.5, 0.6) is 0 Å². The van der Waals surface area contributed by atoms with Crippen LogP contribution >= 0.6 is 0 Å². The fraction of sp³-hybridized carbons (Fsp3) is 0.438. The van der Waals surface area contributed by atoms with E-state index in [1.165, 1.54) is 28.6 Å². The van der Waals surface area contributed by atoms with Crippen molar-refractivity contribution in [3.05, 3.63) is 42.2 Å². The topological polar surface area (TPSA) is 66.5 Å². The number of carbonyl (C=O) groups is 1. The summed E-state index contributed by atoms with van der Waals surface area (Å²) in [5.41, 5.74) is 1.13. The van der Waals surface area contributed by atoms with Crippen molar-refractivity contribution in [1.82, 2.24) is 4.31 Å². The van der Waals surface area contributed by atoms with Gasteiger partial charge in [0.2, 0.25) is 15.9 Å². The second kappa shape index (κ2) is 7.23. The molecule has 1 amide bonds. The van der Waals surface area contributed by atoms with Crippen molar-refractivity contribution in [1.29, 1.82) is 0 Å². The minimum Gasteiger partial charge on any atom is -0.326 e. The maximum Gasteiger partial charge on any atom is 0.227 e. The quantitative estimate of drug-likeness (QED) is 0.837. The van der Waals surface area contributed by atoms with E-state index in [0.29, 0.717) is 37.2 Å². The second-order valence-corrected chi connectivity index (χ2v) is 7.85. The van der Waals surface area contributed by atoms with E-state index >= 15 is 0 Å². The van der Waals surface area contributed by atoms with E-state index in [-0.39, 0.29) is 23.4 Å². The number of rotatable bonds is 5. The molecule has 1 heterocycles. The average Bonchev–Trinajstić information content (AvgIpc) is 2.48. The molecule has 5 nitrogen and oxygen atoms in total. The van der Waals surface area contributed by atoms with Crippen LogP contribution in [0.25, 0.3) is 0 Å². The number of sulfonamides is 1. The Bertz CT molecular complexity index is 678. The van der Waals surface area contributed by atoms with Gasteiger partial charge in [-0.05, 0) is 44.0 Å². The van der Waals surface area contributed by atoms with Gasteiger partial charge in [0.05, 0.1) is 5.75 Å². The van der Waals surface area contributed by atoms with E-state index in [9.17, 15) is 17.6 Å². The van der Waals surface area contributed by atoms with Gasteiger partial charge in [-0.2, -0.15) is 0 Å². The van der Waals surface area contributed by atoms with Crippen LogP contribution in [0.2, 0.25) is 0 Å². The van der Waals surface area contributed by atoms with Gasteiger partial charge in [0.25, 0.3) is 0 Å². The number of hydrogen-bond donors (Lipinski definition) is 1. The number of hydrogen-bond acceptors (Lipinski definition) is 3. The molecular weight excluding hydrogens is 319 g/mol. The van der Waals surface area contributed by atoms with Crippen molar-refractivity contribution in [2.24, 2.45) is 5.92 Å². The minimum absolute atomic E-state index is 0.0561. The van der Waals surface area contributed by atoms with Gasteiger partial charge >= 0.3 is 0 Å². The minimum atomic E-state index is -3.33. The summed E-state index contributed by atoms with van der Waals surface area (Å²) in [6.07, 6.45) is 0.949. The van der Waals surface area contributed by atoms with Crippen LogP contribution in [-0.2, 0) is 14.8 Å². The molecule has 0 atom stereocenters. The molecule has 7 heteroatoms. The first-order chi connectivity index (χ1) is 10.8. The zero-order valence-electron chi connectivity index (χ0n) is 13.1. The Kier molecular flexibility index (Phi) is 5.54. The summed E-state index contributed by atoms with van der Waals surface area (Å²) >= 11 is 0. The van der Waals surface area contributed by atoms with E-state index in [2.05, 4.69) is 11.9 Å². The van der Waals surface area contributed by atoms with Crippen LogP contribution in [0.1, 0.15) is 19.8 Å². The summed E-state index contributed by atoms with van der Waals surface area (Å²) in [6.45, 7) is 5.98. The fourth-order valence-electron chi connectivity index (χ4n) is 2.58. The normalized spacial score (nSPS) is 17.0. The summed E-state index contributed by atoms with van der Waals surface area (Å²) in [5.74, 6) is -0.816. The maximum atomic E-state index is 12.8. The van der Waals surface area contributed by atoms with E-state index in [1.807, 2.05) is 0 Å². The van der Waals surface area contributed by atoms with Gasteiger partial charge in [-0.1, -0.05) is 12.2 Å². The summed E-state index contributed by atoms with van der Waals surface area (Å²) in [5, 5.41) is 2.74. The molecule has 1 N–H and O–H groups in total. The third-order valence-electron chi connectivity index (χ3n) is 3.76. The molecule has 1 aromatic carbocycles. The lowest BCUT2D eigenvalue weighted by Crippen LogP contribution is -2.42. The maximum absolute atomic E-state index is 12.8. The molecule has 0 spiro atoms. The van der Waals surface area contributed by atoms with Crippen molar-refractivity contribution in [3.8, 4) is 0 Å². The summed E-state index contributed by atoms with van der Waals surface area (Å²) in [6, 6.07) is 5.56. The Balaban J connectivity index is 1.90. The molecule has 0 aromatic heterocycles. The molecule has 0 bridgehead atoms. The molecule has 1 aliphatic heterocycles. The smallest absolute Gasteiger partial charge is 0.227 e. The molecule has 1 saturated heterocycles. The molecule has 1 aromatic rings. The zero-order valence-corrected chi connectivity index (χ0v) is 13.9. The molecule has 23 heavy (non-hydrogen) atoms. The lowest BCUT2D eigenvalue weighted by molar-refractivity contribution is -0.120. The number of nitrogens with one attached hydrogen (secondary N) is 1. The van der Waals surface area contributed by atoms with Crippen molar-refractivity contribution in [2.75, 3.05) is 24.2 Å². The Morgan fingerprint density at radius 3 is 2.39 bits per heavy atom. The van der Waals surface area contributed by atoms with Crippen molar-refractivity contribution >= 4 is 21.6 Å². The molecule has 0 radical (unpaired) electrons. The van der Waals surface area contributed by atoms with Crippen LogP contribution < -0.4 is 5.32 Å². The van der Waals surface area contributed by atoms with Gasteiger partial charge in [0.1, 0.15) is 5.82 Å². The number of anilines is 1. The lowest BCUT2D eigenvalue weighted by atomic mass is 9.97. The van der Waals surface area contributed by atoms with Crippen molar-refractivity contribution in [3.63, 3.8) is 0 Å². The van der Waals surface area contributed by atoms with E-state index in [4.69, 9.17) is 0 Å². The number of halogens is 1. The van der Waals surface area contributed by atoms with Gasteiger partial charge < -0.3 is 5.32 Å². The Hall–Kier alpha value is -1.73. The second-order valence-electron chi connectivity index (χ2n) is 5.88. The fourth-order valence-corrected chi connectivity index (χ4v) is 4.15. The van der Waals surface area contributed by atoms with E-state index in [0.717, 1.165) is 0 Å². The van der Waals surface area contributed by atoms with E-state index in [1.54, 1.807) is 6.92 Å². The number of carbonyl (C=O) groups excluding carboxylic acids is 1. The van der Waals surface area contributed by atoms with Gasteiger partial charge in [-0.3, -0.25) is 4.79 Å². The highest BCUT2D eigenvalue weighted by atomic mass is 32.2. The summed E-state index contributed by atoms with van der Waals surface area (Å²) in [7, 11) is -3.33. The molecule has 1 fully saturated rings. The van der Waals surface area contributed by atoms with Crippen molar-refractivity contribution in [2.45, 2.75) is 19.8 Å². The third kappa shape index (κ3) is 4.87. The van der Waals surface area contributed by atoms with Crippen LogP contribution in [0, 0.1) is 11.7 Å². The standard InChI is InChI=1S/C16H21FN2O3S/c1-12(2)11-23(21,22)19-9-7-13(8-10-19)16(20)18-15-5-3-14(17)4-6-15/h3-6,13H,1,7-11H2,2H3,(H,18,20). The summed E-state index contributed by atoms with van der Waals surface area (Å²) < 4.78 is 38.5. The highest BCUT2D eigenvalue weighted by Crippen LogP contribution is 2.22. The van der Waals surface area contributed by atoms with Crippen LogP contribution in [0.15, 0.2) is 36.4 Å². The Labute approximate surface area is 136 Å².